The summed E-state index contributed by atoms with van der Waals surface area (Å²) < 4.78 is 5.78. The topological polar surface area (TPSA) is 72.6 Å². The van der Waals surface area contributed by atoms with E-state index in [2.05, 4.69) is 11.4 Å². The number of nitrogens with two attached hydrogens (primary N) is 1. The maximum atomic E-state index is 12.9. The van der Waals surface area contributed by atoms with Crippen molar-refractivity contribution in [1.82, 2.24) is 4.90 Å². The van der Waals surface area contributed by atoms with Gasteiger partial charge in [0.25, 0.3) is 11.8 Å². The number of nitrogens with zero attached hydrogens (tertiary/aromatic N) is 1. The fraction of sp³-hybridized carbons (Fsp3) is 0.182. The van der Waals surface area contributed by atoms with E-state index in [1.807, 2.05) is 29.2 Å². The Hall–Kier alpha value is -3.12. The number of benzene rings is 2. The van der Waals surface area contributed by atoms with E-state index >= 15 is 0 Å². The zero-order chi connectivity index (χ0) is 19.5. The molecule has 0 atom stereocenters. The van der Waals surface area contributed by atoms with Crippen LogP contribution < -0.4 is 10.5 Å². The van der Waals surface area contributed by atoms with Crippen LogP contribution in [-0.4, -0.2) is 23.3 Å². The molecule has 1 aliphatic rings. The molecule has 0 saturated heterocycles. The molecule has 0 spiro atoms. The summed E-state index contributed by atoms with van der Waals surface area (Å²) in [6, 6.07) is 16.4. The molecule has 3 aromatic rings. The number of rotatable bonds is 5. The Morgan fingerprint density at radius 2 is 1.96 bits per heavy atom. The summed E-state index contributed by atoms with van der Waals surface area (Å²) in [6.45, 7) is 1.64. The zero-order valence-corrected chi connectivity index (χ0v) is 16.1. The molecular weight excluding hydrogens is 372 g/mol. The summed E-state index contributed by atoms with van der Waals surface area (Å²) in [5.41, 5.74) is 8.47. The first-order chi connectivity index (χ1) is 13.6. The van der Waals surface area contributed by atoms with Crippen molar-refractivity contribution in [2.24, 2.45) is 5.73 Å². The van der Waals surface area contributed by atoms with Crippen LogP contribution in [-0.2, 0) is 19.6 Å². The number of hydrogen-bond acceptors (Lipinski definition) is 4. The predicted molar refractivity (Wildman–Crippen MR) is 108 cm³/mol. The third-order valence-electron chi connectivity index (χ3n) is 4.82. The Morgan fingerprint density at radius 3 is 2.82 bits per heavy atom. The van der Waals surface area contributed by atoms with Gasteiger partial charge in [0.15, 0.2) is 0 Å². The smallest absolute Gasteiger partial charge is 0.254 e. The van der Waals surface area contributed by atoms with Crippen LogP contribution in [0.1, 0.15) is 36.7 Å². The summed E-state index contributed by atoms with van der Waals surface area (Å²) in [6.07, 6.45) is 0.908. The van der Waals surface area contributed by atoms with Crippen molar-refractivity contribution in [1.29, 1.82) is 0 Å². The summed E-state index contributed by atoms with van der Waals surface area (Å²) in [7, 11) is 0. The zero-order valence-electron chi connectivity index (χ0n) is 15.3. The Kier molecular flexibility index (Phi) is 5.12. The SMILES string of the molecule is NC(=O)c1ccccc1OCc1cccc(C(=O)N2CCc3sccc3C2)c1. The molecule has 5 nitrogen and oxygen atoms in total. The molecule has 0 bridgehead atoms. The van der Waals surface area contributed by atoms with Crippen LogP contribution in [0.15, 0.2) is 60.0 Å². The van der Waals surface area contributed by atoms with E-state index in [-0.39, 0.29) is 12.5 Å². The highest BCUT2D eigenvalue weighted by molar-refractivity contribution is 7.10. The van der Waals surface area contributed by atoms with Gasteiger partial charge in [0.2, 0.25) is 0 Å². The average Bonchev–Trinajstić information content (AvgIpc) is 3.20. The molecule has 6 heteroatoms. The van der Waals surface area contributed by atoms with Crippen LogP contribution in [0.3, 0.4) is 0 Å². The lowest BCUT2D eigenvalue weighted by Crippen LogP contribution is -2.35. The lowest BCUT2D eigenvalue weighted by atomic mass is 10.1. The highest BCUT2D eigenvalue weighted by Gasteiger charge is 2.22. The van der Waals surface area contributed by atoms with Gasteiger partial charge in [-0.3, -0.25) is 9.59 Å². The Bertz CT molecular complexity index is 1030. The summed E-state index contributed by atoms with van der Waals surface area (Å²) >= 11 is 1.76. The van der Waals surface area contributed by atoms with Gasteiger partial charge in [0.05, 0.1) is 5.56 Å². The second-order valence-electron chi connectivity index (χ2n) is 6.70. The Balaban J connectivity index is 1.46. The normalized spacial score (nSPS) is 13.1. The molecule has 0 aliphatic carbocycles. The quantitative estimate of drug-likeness (QED) is 0.721. The van der Waals surface area contributed by atoms with Crippen LogP contribution in [0.5, 0.6) is 5.75 Å². The summed E-state index contributed by atoms with van der Waals surface area (Å²) in [5.74, 6) is -0.0681. The fourth-order valence-electron chi connectivity index (χ4n) is 3.36. The summed E-state index contributed by atoms with van der Waals surface area (Å²) in [4.78, 5) is 27.7. The predicted octanol–water partition coefficient (Wildman–Crippen LogP) is 3.62. The number of primary amides is 1. The first-order valence-corrected chi connectivity index (χ1v) is 9.95. The van der Waals surface area contributed by atoms with Crippen molar-refractivity contribution < 1.29 is 14.3 Å². The molecule has 0 saturated carbocycles. The standard InChI is InChI=1S/C22H20N2O3S/c23-21(25)18-6-1-2-7-19(18)27-14-15-4-3-5-16(12-15)22(26)24-10-8-20-17(13-24)9-11-28-20/h1-7,9,11-12H,8,10,13-14H2,(H2,23,25). The maximum absolute atomic E-state index is 12.9. The molecule has 1 aromatic heterocycles. The molecule has 2 N–H and O–H groups in total. The van der Waals surface area contributed by atoms with Gasteiger partial charge in [-0.25, -0.2) is 0 Å². The average molecular weight is 392 g/mol. The van der Waals surface area contributed by atoms with Gasteiger partial charge < -0.3 is 15.4 Å². The van der Waals surface area contributed by atoms with Crippen molar-refractivity contribution in [3.8, 4) is 5.75 Å². The Labute approximate surface area is 167 Å². The van der Waals surface area contributed by atoms with Crippen molar-refractivity contribution >= 4 is 23.2 Å². The van der Waals surface area contributed by atoms with Crippen molar-refractivity contribution in [3.63, 3.8) is 0 Å². The van der Waals surface area contributed by atoms with Gasteiger partial charge in [-0.15, -0.1) is 11.3 Å². The first kappa shape index (κ1) is 18.3. The van der Waals surface area contributed by atoms with Crippen molar-refractivity contribution in [2.45, 2.75) is 19.6 Å². The number of carbonyl (C=O) groups is 2. The molecule has 1 aliphatic heterocycles. The Morgan fingerprint density at radius 1 is 1.11 bits per heavy atom. The minimum absolute atomic E-state index is 0.0243. The minimum Gasteiger partial charge on any atom is -0.488 e. The molecule has 0 radical (unpaired) electrons. The number of amides is 2. The van der Waals surface area contributed by atoms with Gasteiger partial charge in [0.1, 0.15) is 12.4 Å². The van der Waals surface area contributed by atoms with E-state index in [0.717, 1.165) is 18.5 Å². The van der Waals surface area contributed by atoms with Gasteiger partial charge in [-0.1, -0.05) is 24.3 Å². The van der Waals surface area contributed by atoms with Crippen molar-refractivity contribution in [2.75, 3.05) is 6.54 Å². The van der Waals surface area contributed by atoms with Crippen molar-refractivity contribution in [3.05, 3.63) is 87.1 Å². The third-order valence-corrected chi connectivity index (χ3v) is 5.84. The molecular formula is C22H20N2O3S. The van der Waals surface area contributed by atoms with Gasteiger partial charge >= 0.3 is 0 Å². The molecule has 0 fully saturated rings. The second kappa shape index (κ2) is 7.86. The van der Waals surface area contributed by atoms with Crippen LogP contribution in [0.4, 0.5) is 0 Å². The molecule has 28 heavy (non-hydrogen) atoms. The van der Waals surface area contributed by atoms with Gasteiger partial charge in [-0.05, 0) is 53.3 Å². The van der Waals surface area contributed by atoms with Gasteiger partial charge in [0, 0.05) is 23.5 Å². The number of thiophene rings is 1. The molecule has 0 unspecified atom stereocenters. The number of para-hydroxylation sites is 1. The third kappa shape index (κ3) is 3.77. The number of ether oxygens (including phenoxy) is 1. The van der Waals surface area contributed by atoms with Crippen LogP contribution in [0.25, 0.3) is 0 Å². The molecule has 4 rings (SSSR count). The first-order valence-electron chi connectivity index (χ1n) is 9.07. The summed E-state index contributed by atoms with van der Waals surface area (Å²) in [5, 5.41) is 2.08. The molecule has 2 heterocycles. The highest BCUT2D eigenvalue weighted by Crippen LogP contribution is 2.25. The molecule has 2 amide bonds. The number of hydrogen-bond donors (Lipinski definition) is 1. The largest absolute Gasteiger partial charge is 0.488 e. The van der Waals surface area contributed by atoms with Crippen LogP contribution in [0, 0.1) is 0 Å². The van der Waals surface area contributed by atoms with E-state index in [1.54, 1.807) is 35.6 Å². The number of fused-ring (bicyclic) bond motifs is 1. The van der Waals surface area contributed by atoms with E-state index in [1.165, 1.54) is 10.4 Å². The number of carbonyl (C=O) groups excluding carboxylic acids is 2. The maximum Gasteiger partial charge on any atom is 0.254 e. The lowest BCUT2D eigenvalue weighted by Gasteiger charge is -2.27. The minimum atomic E-state index is -0.530. The van der Waals surface area contributed by atoms with E-state index in [0.29, 0.717) is 23.4 Å². The monoisotopic (exact) mass is 392 g/mol. The fourth-order valence-corrected chi connectivity index (χ4v) is 4.25. The molecule has 142 valence electrons. The van der Waals surface area contributed by atoms with Crippen LogP contribution in [0.2, 0.25) is 0 Å². The van der Waals surface area contributed by atoms with E-state index in [9.17, 15) is 9.59 Å². The lowest BCUT2D eigenvalue weighted by molar-refractivity contribution is 0.0735. The molecule has 2 aromatic carbocycles. The van der Waals surface area contributed by atoms with Gasteiger partial charge in [-0.2, -0.15) is 0 Å². The second-order valence-corrected chi connectivity index (χ2v) is 7.70. The van der Waals surface area contributed by atoms with E-state index in [4.69, 9.17) is 10.5 Å². The van der Waals surface area contributed by atoms with Crippen LogP contribution >= 0.6 is 11.3 Å². The van der Waals surface area contributed by atoms with E-state index < -0.39 is 5.91 Å². The highest BCUT2D eigenvalue weighted by atomic mass is 32.1.